The summed E-state index contributed by atoms with van der Waals surface area (Å²) in [4.78, 5) is 12.7. The molecule has 0 saturated heterocycles. The molecule has 0 heterocycles. The quantitative estimate of drug-likeness (QED) is 0.912. The molecule has 0 aliphatic heterocycles. The van der Waals surface area contributed by atoms with Crippen molar-refractivity contribution in [3.8, 4) is 5.75 Å². The summed E-state index contributed by atoms with van der Waals surface area (Å²) in [5.41, 5.74) is 1.16. The summed E-state index contributed by atoms with van der Waals surface area (Å²) in [6.07, 6.45) is 3.61. The molecule has 2 aliphatic carbocycles. The molecule has 0 aromatic heterocycles. The zero-order valence-corrected chi connectivity index (χ0v) is 14.1. The van der Waals surface area contributed by atoms with Gasteiger partial charge in [-0.25, -0.2) is 0 Å². The van der Waals surface area contributed by atoms with Crippen LogP contribution in [0.15, 0.2) is 24.3 Å². The van der Waals surface area contributed by atoms with Gasteiger partial charge in [0.1, 0.15) is 5.75 Å². The fraction of sp³-hybridized carbons (Fsp3) is 0.632. The van der Waals surface area contributed by atoms with Gasteiger partial charge in [0.2, 0.25) is 0 Å². The molecule has 2 saturated carbocycles. The Bertz CT molecular complexity index is 581. The highest BCUT2D eigenvalue weighted by molar-refractivity contribution is 5.97. The average molecular weight is 301 g/mol. The van der Waals surface area contributed by atoms with Crippen LogP contribution in [0.5, 0.6) is 5.75 Å². The Kier molecular flexibility index (Phi) is 3.70. The SMILES string of the molecule is CCOc1ccccc1C(=O)NC1CC2CCC1(C)C2(C)C. The van der Waals surface area contributed by atoms with Gasteiger partial charge in [-0.1, -0.05) is 32.9 Å². The summed E-state index contributed by atoms with van der Waals surface area (Å²) < 4.78 is 5.59. The standard InChI is InChI=1S/C19H27NO2/c1-5-22-15-9-7-6-8-14(15)17(21)20-16-12-13-10-11-19(16,4)18(13,2)3/h6-9,13,16H,5,10-12H2,1-4H3,(H,20,21). The van der Waals surface area contributed by atoms with Crippen LogP contribution in [0.25, 0.3) is 0 Å². The molecule has 2 fully saturated rings. The number of rotatable bonds is 4. The highest BCUT2D eigenvalue weighted by Crippen LogP contribution is 2.65. The third kappa shape index (κ3) is 2.13. The molecule has 2 aliphatic rings. The van der Waals surface area contributed by atoms with Crippen LogP contribution in [0.4, 0.5) is 0 Å². The third-order valence-electron chi connectivity index (χ3n) is 6.53. The van der Waals surface area contributed by atoms with Crippen molar-refractivity contribution in [2.24, 2.45) is 16.7 Å². The molecule has 2 bridgehead atoms. The summed E-state index contributed by atoms with van der Waals surface area (Å²) in [6.45, 7) is 9.59. The molecule has 0 spiro atoms. The zero-order chi connectivity index (χ0) is 16.0. The highest BCUT2D eigenvalue weighted by Gasteiger charge is 2.61. The first-order valence-corrected chi connectivity index (χ1v) is 8.43. The maximum absolute atomic E-state index is 12.7. The van der Waals surface area contributed by atoms with E-state index in [2.05, 4.69) is 26.1 Å². The minimum atomic E-state index is -0.00127. The fourth-order valence-corrected chi connectivity index (χ4v) is 4.59. The number of nitrogens with one attached hydrogen (secondary N) is 1. The van der Waals surface area contributed by atoms with E-state index in [4.69, 9.17) is 4.74 Å². The second-order valence-corrected chi connectivity index (χ2v) is 7.57. The van der Waals surface area contributed by atoms with Gasteiger partial charge in [0.15, 0.2) is 0 Å². The summed E-state index contributed by atoms with van der Waals surface area (Å²) in [6, 6.07) is 7.78. The van der Waals surface area contributed by atoms with Crippen molar-refractivity contribution in [3.05, 3.63) is 29.8 Å². The van der Waals surface area contributed by atoms with Gasteiger partial charge in [-0.2, -0.15) is 0 Å². The number of hydrogen-bond acceptors (Lipinski definition) is 2. The number of ether oxygens (including phenoxy) is 1. The molecule has 22 heavy (non-hydrogen) atoms. The monoisotopic (exact) mass is 301 g/mol. The van der Waals surface area contributed by atoms with Gasteiger partial charge in [0.25, 0.3) is 5.91 Å². The number of hydrogen-bond donors (Lipinski definition) is 1. The van der Waals surface area contributed by atoms with Crippen molar-refractivity contribution in [1.29, 1.82) is 0 Å². The Hall–Kier alpha value is -1.51. The van der Waals surface area contributed by atoms with Crippen LogP contribution < -0.4 is 10.1 Å². The Morgan fingerprint density at radius 3 is 2.64 bits per heavy atom. The summed E-state index contributed by atoms with van der Waals surface area (Å²) in [5, 5.41) is 3.30. The lowest BCUT2D eigenvalue weighted by Crippen LogP contribution is -2.46. The molecule has 1 aromatic carbocycles. The number of carbonyl (C=O) groups excluding carboxylic acids is 1. The second kappa shape index (κ2) is 5.29. The Morgan fingerprint density at radius 1 is 1.32 bits per heavy atom. The minimum absolute atomic E-state index is 0.00127. The van der Waals surface area contributed by atoms with Crippen LogP contribution >= 0.6 is 0 Å². The number of para-hydroxylation sites is 1. The molecule has 1 amide bonds. The summed E-state index contributed by atoms with van der Waals surface area (Å²) in [7, 11) is 0. The van der Waals surface area contributed by atoms with Crippen molar-refractivity contribution in [3.63, 3.8) is 0 Å². The van der Waals surface area contributed by atoms with E-state index in [1.165, 1.54) is 12.8 Å². The lowest BCUT2D eigenvalue weighted by atomic mass is 9.69. The van der Waals surface area contributed by atoms with Crippen molar-refractivity contribution in [1.82, 2.24) is 5.32 Å². The minimum Gasteiger partial charge on any atom is -0.493 e. The molecule has 1 N–H and O–H groups in total. The molecular formula is C19H27NO2. The van der Waals surface area contributed by atoms with Crippen molar-refractivity contribution < 1.29 is 9.53 Å². The van der Waals surface area contributed by atoms with Gasteiger partial charge in [-0.3, -0.25) is 4.79 Å². The molecule has 3 unspecified atom stereocenters. The summed E-state index contributed by atoms with van der Waals surface area (Å²) >= 11 is 0. The lowest BCUT2D eigenvalue weighted by Gasteiger charge is -2.39. The lowest BCUT2D eigenvalue weighted by molar-refractivity contribution is 0.0823. The maximum atomic E-state index is 12.7. The van der Waals surface area contributed by atoms with E-state index in [0.29, 0.717) is 23.3 Å². The molecular weight excluding hydrogens is 274 g/mol. The molecule has 1 aromatic rings. The molecule has 3 rings (SSSR count). The second-order valence-electron chi connectivity index (χ2n) is 7.57. The summed E-state index contributed by atoms with van der Waals surface area (Å²) in [5.74, 6) is 1.40. The van der Waals surface area contributed by atoms with Gasteiger partial charge in [0.05, 0.1) is 12.2 Å². The van der Waals surface area contributed by atoms with Crippen LogP contribution in [0.3, 0.4) is 0 Å². The first-order chi connectivity index (χ1) is 10.4. The Balaban J connectivity index is 1.79. The van der Waals surface area contributed by atoms with E-state index >= 15 is 0 Å². The van der Waals surface area contributed by atoms with E-state index < -0.39 is 0 Å². The highest BCUT2D eigenvalue weighted by atomic mass is 16.5. The van der Waals surface area contributed by atoms with E-state index in [1.54, 1.807) is 0 Å². The van der Waals surface area contributed by atoms with Crippen molar-refractivity contribution in [2.75, 3.05) is 6.61 Å². The van der Waals surface area contributed by atoms with Gasteiger partial charge >= 0.3 is 0 Å². The first-order valence-electron chi connectivity index (χ1n) is 8.43. The zero-order valence-electron chi connectivity index (χ0n) is 14.1. The Morgan fingerprint density at radius 2 is 2.05 bits per heavy atom. The smallest absolute Gasteiger partial charge is 0.255 e. The van der Waals surface area contributed by atoms with Crippen LogP contribution in [-0.2, 0) is 0 Å². The largest absolute Gasteiger partial charge is 0.493 e. The van der Waals surface area contributed by atoms with Crippen molar-refractivity contribution >= 4 is 5.91 Å². The van der Waals surface area contributed by atoms with Gasteiger partial charge in [-0.15, -0.1) is 0 Å². The van der Waals surface area contributed by atoms with Crippen LogP contribution in [0.2, 0.25) is 0 Å². The first kappa shape index (κ1) is 15.4. The van der Waals surface area contributed by atoms with E-state index in [0.717, 1.165) is 12.3 Å². The number of benzene rings is 1. The number of fused-ring (bicyclic) bond motifs is 2. The molecule has 120 valence electrons. The molecule has 0 radical (unpaired) electrons. The molecule has 3 atom stereocenters. The van der Waals surface area contributed by atoms with Gasteiger partial charge in [0, 0.05) is 6.04 Å². The maximum Gasteiger partial charge on any atom is 0.255 e. The third-order valence-corrected chi connectivity index (χ3v) is 6.53. The topological polar surface area (TPSA) is 38.3 Å². The van der Waals surface area contributed by atoms with E-state index in [1.807, 2.05) is 31.2 Å². The predicted molar refractivity (Wildman–Crippen MR) is 88.1 cm³/mol. The number of amides is 1. The van der Waals surface area contributed by atoms with Gasteiger partial charge in [-0.05, 0) is 55.1 Å². The van der Waals surface area contributed by atoms with Crippen LogP contribution in [-0.4, -0.2) is 18.6 Å². The van der Waals surface area contributed by atoms with Gasteiger partial charge < -0.3 is 10.1 Å². The van der Waals surface area contributed by atoms with E-state index in [-0.39, 0.29) is 17.4 Å². The average Bonchev–Trinajstić information content (AvgIpc) is 2.81. The van der Waals surface area contributed by atoms with Crippen LogP contribution in [0.1, 0.15) is 57.3 Å². The van der Waals surface area contributed by atoms with Crippen molar-refractivity contribution in [2.45, 2.75) is 53.0 Å². The predicted octanol–water partition coefficient (Wildman–Crippen LogP) is 4.03. The molecule has 3 heteroatoms. The fourth-order valence-electron chi connectivity index (χ4n) is 4.59. The van der Waals surface area contributed by atoms with E-state index in [9.17, 15) is 4.79 Å². The number of carbonyl (C=O) groups is 1. The molecule has 3 nitrogen and oxygen atoms in total. The Labute approximate surface area is 133 Å². The normalized spacial score (nSPS) is 32.0. The van der Waals surface area contributed by atoms with Crippen LogP contribution in [0, 0.1) is 16.7 Å².